The first-order valence-electron chi connectivity index (χ1n) is 7.59. The van der Waals surface area contributed by atoms with Gasteiger partial charge in [-0.05, 0) is 49.5 Å². The van der Waals surface area contributed by atoms with Crippen LogP contribution in [0.25, 0.3) is 16.5 Å². The van der Waals surface area contributed by atoms with E-state index in [1.807, 2.05) is 6.92 Å². The van der Waals surface area contributed by atoms with Gasteiger partial charge in [-0.3, -0.25) is 0 Å². The Balaban J connectivity index is 1.92. The molecule has 3 aliphatic heterocycles. The number of aromatic nitrogens is 1. The van der Waals surface area contributed by atoms with Crippen LogP contribution in [0.5, 0.6) is 0 Å². The predicted octanol–water partition coefficient (Wildman–Crippen LogP) is 4.56. The SMILES string of the molecule is Cc1[nH]c2ccc(C(F)(F)F)cc2c1C1=CN2CCC1CC2. The van der Waals surface area contributed by atoms with Gasteiger partial charge in [-0.1, -0.05) is 0 Å². The van der Waals surface area contributed by atoms with Crippen LogP contribution >= 0.6 is 0 Å². The zero-order valence-corrected chi connectivity index (χ0v) is 12.3. The number of aryl methyl sites for hydroxylation is 1. The molecule has 4 heterocycles. The number of H-pyrrole nitrogens is 1. The minimum Gasteiger partial charge on any atom is -0.377 e. The fourth-order valence-corrected chi connectivity index (χ4v) is 3.79. The van der Waals surface area contributed by atoms with Gasteiger partial charge < -0.3 is 9.88 Å². The van der Waals surface area contributed by atoms with Crippen LogP contribution in [-0.4, -0.2) is 23.0 Å². The molecule has 5 rings (SSSR count). The second-order valence-electron chi connectivity index (χ2n) is 6.28. The summed E-state index contributed by atoms with van der Waals surface area (Å²) in [4.78, 5) is 5.51. The Morgan fingerprint density at radius 2 is 1.91 bits per heavy atom. The van der Waals surface area contributed by atoms with Crippen molar-refractivity contribution in [2.45, 2.75) is 25.9 Å². The number of benzene rings is 1. The molecule has 5 heteroatoms. The van der Waals surface area contributed by atoms with Crippen molar-refractivity contribution < 1.29 is 13.2 Å². The van der Waals surface area contributed by atoms with Gasteiger partial charge in [-0.15, -0.1) is 0 Å². The van der Waals surface area contributed by atoms with Crippen LogP contribution in [0, 0.1) is 12.8 Å². The lowest BCUT2D eigenvalue weighted by Gasteiger charge is -2.39. The van der Waals surface area contributed by atoms with Crippen LogP contribution in [0.4, 0.5) is 13.2 Å². The van der Waals surface area contributed by atoms with E-state index < -0.39 is 11.7 Å². The highest BCUT2D eigenvalue weighted by molar-refractivity contribution is 5.95. The number of rotatable bonds is 1. The van der Waals surface area contributed by atoms with Gasteiger partial charge in [-0.2, -0.15) is 13.2 Å². The van der Waals surface area contributed by atoms with Crippen LogP contribution in [-0.2, 0) is 6.18 Å². The zero-order valence-electron chi connectivity index (χ0n) is 12.3. The maximum atomic E-state index is 13.0. The fourth-order valence-electron chi connectivity index (χ4n) is 3.79. The lowest BCUT2D eigenvalue weighted by molar-refractivity contribution is -0.137. The molecule has 22 heavy (non-hydrogen) atoms. The molecule has 0 saturated carbocycles. The number of hydrogen-bond donors (Lipinski definition) is 1. The molecule has 0 unspecified atom stereocenters. The molecule has 2 aromatic rings. The summed E-state index contributed by atoms with van der Waals surface area (Å²) >= 11 is 0. The van der Waals surface area contributed by atoms with Gasteiger partial charge in [0.15, 0.2) is 0 Å². The highest BCUT2D eigenvalue weighted by Crippen LogP contribution is 2.42. The average Bonchev–Trinajstić information content (AvgIpc) is 2.82. The van der Waals surface area contributed by atoms with Crippen molar-refractivity contribution in [2.75, 3.05) is 13.1 Å². The first-order valence-corrected chi connectivity index (χ1v) is 7.59. The molecule has 1 saturated heterocycles. The molecule has 3 aliphatic rings. The van der Waals surface area contributed by atoms with E-state index in [1.54, 1.807) is 0 Å². The molecule has 0 radical (unpaired) electrons. The summed E-state index contributed by atoms with van der Waals surface area (Å²) in [5.74, 6) is 0.470. The highest BCUT2D eigenvalue weighted by atomic mass is 19.4. The molecule has 0 atom stereocenters. The minimum absolute atomic E-state index is 0.470. The Morgan fingerprint density at radius 3 is 2.50 bits per heavy atom. The topological polar surface area (TPSA) is 19.0 Å². The van der Waals surface area contributed by atoms with Gasteiger partial charge in [0.1, 0.15) is 0 Å². The van der Waals surface area contributed by atoms with E-state index in [9.17, 15) is 13.2 Å². The summed E-state index contributed by atoms with van der Waals surface area (Å²) < 4.78 is 39.0. The largest absolute Gasteiger partial charge is 0.416 e. The van der Waals surface area contributed by atoms with Crippen LogP contribution in [0.15, 0.2) is 24.4 Å². The van der Waals surface area contributed by atoms with Gasteiger partial charge in [-0.25, -0.2) is 0 Å². The monoisotopic (exact) mass is 306 g/mol. The standard InChI is InChI=1S/C17H17F3N2/c1-10-16(14-9-22-6-4-11(14)5-7-22)13-8-12(17(18,19)20)2-3-15(13)21-10/h2-3,8-9,11,21H,4-7H2,1H3. The minimum atomic E-state index is -4.31. The number of alkyl halides is 3. The van der Waals surface area contributed by atoms with E-state index in [2.05, 4.69) is 16.1 Å². The second kappa shape index (κ2) is 4.54. The molecule has 2 bridgehead atoms. The number of nitrogens with one attached hydrogen (secondary N) is 1. The summed E-state index contributed by atoms with van der Waals surface area (Å²) in [5.41, 5.74) is 3.31. The van der Waals surface area contributed by atoms with Gasteiger partial charge in [0.25, 0.3) is 0 Å². The smallest absolute Gasteiger partial charge is 0.377 e. The van der Waals surface area contributed by atoms with Crippen molar-refractivity contribution in [3.63, 3.8) is 0 Å². The van der Waals surface area contributed by atoms with Crippen molar-refractivity contribution in [1.29, 1.82) is 0 Å². The van der Waals surface area contributed by atoms with Gasteiger partial charge >= 0.3 is 6.18 Å². The van der Waals surface area contributed by atoms with Gasteiger partial charge in [0, 0.05) is 41.4 Å². The number of aromatic amines is 1. The molecule has 2 nitrogen and oxygen atoms in total. The number of nitrogens with zero attached hydrogens (tertiary/aromatic N) is 1. The first kappa shape index (κ1) is 13.7. The Bertz CT molecular complexity index is 762. The van der Waals surface area contributed by atoms with Gasteiger partial charge in [0.05, 0.1) is 5.56 Å². The Kier molecular flexibility index (Phi) is 2.83. The van der Waals surface area contributed by atoms with E-state index in [4.69, 9.17) is 0 Å². The molecule has 0 spiro atoms. The molecule has 1 aromatic heterocycles. The summed E-state index contributed by atoms with van der Waals surface area (Å²) in [6, 6.07) is 3.97. The van der Waals surface area contributed by atoms with E-state index >= 15 is 0 Å². The quantitative estimate of drug-likeness (QED) is 0.818. The van der Waals surface area contributed by atoms with Crippen LogP contribution in [0.3, 0.4) is 0 Å². The normalized spacial score (nSPS) is 19.1. The lowest BCUT2D eigenvalue weighted by atomic mass is 9.81. The van der Waals surface area contributed by atoms with E-state index in [0.29, 0.717) is 11.3 Å². The molecule has 1 N–H and O–H groups in total. The van der Waals surface area contributed by atoms with Crippen molar-refractivity contribution in [2.24, 2.45) is 5.92 Å². The van der Waals surface area contributed by atoms with Crippen molar-refractivity contribution in [1.82, 2.24) is 9.88 Å². The maximum Gasteiger partial charge on any atom is 0.416 e. The van der Waals surface area contributed by atoms with Crippen LogP contribution in [0.2, 0.25) is 0 Å². The maximum absolute atomic E-state index is 13.0. The van der Waals surface area contributed by atoms with E-state index in [1.165, 1.54) is 17.7 Å². The third-order valence-corrected chi connectivity index (χ3v) is 4.89. The summed E-state index contributed by atoms with van der Waals surface area (Å²) in [6.45, 7) is 4.06. The van der Waals surface area contributed by atoms with Crippen molar-refractivity contribution in [3.05, 3.63) is 41.2 Å². The average molecular weight is 306 g/mol. The number of piperidine rings is 1. The first-order chi connectivity index (χ1) is 10.4. The number of halogens is 3. The highest BCUT2D eigenvalue weighted by Gasteiger charge is 2.33. The fraction of sp³-hybridized carbons (Fsp3) is 0.412. The molecule has 0 amide bonds. The zero-order chi connectivity index (χ0) is 15.5. The third kappa shape index (κ3) is 2.02. The second-order valence-corrected chi connectivity index (χ2v) is 6.28. The van der Waals surface area contributed by atoms with E-state index in [-0.39, 0.29) is 0 Å². The van der Waals surface area contributed by atoms with Crippen molar-refractivity contribution >= 4 is 16.5 Å². The van der Waals surface area contributed by atoms with E-state index in [0.717, 1.165) is 48.8 Å². The Morgan fingerprint density at radius 1 is 1.18 bits per heavy atom. The van der Waals surface area contributed by atoms with Crippen molar-refractivity contribution in [3.8, 4) is 0 Å². The molecular formula is C17H17F3N2. The summed E-state index contributed by atoms with van der Waals surface area (Å²) in [6.07, 6.45) is 0.0292. The number of hydrogen-bond acceptors (Lipinski definition) is 1. The molecule has 1 fully saturated rings. The number of fused-ring (bicyclic) bond motifs is 3. The van der Waals surface area contributed by atoms with Crippen LogP contribution < -0.4 is 0 Å². The Hall–Kier alpha value is -1.91. The third-order valence-electron chi connectivity index (χ3n) is 4.89. The predicted molar refractivity (Wildman–Crippen MR) is 80.3 cm³/mol. The van der Waals surface area contributed by atoms with Crippen LogP contribution in [0.1, 0.15) is 29.7 Å². The number of allylic oxidation sites excluding steroid dienone is 1. The Labute approximate surface area is 126 Å². The summed E-state index contributed by atoms with van der Waals surface area (Å²) in [5, 5.41) is 0.687. The lowest BCUT2D eigenvalue weighted by Crippen LogP contribution is -2.35. The summed E-state index contributed by atoms with van der Waals surface area (Å²) in [7, 11) is 0. The van der Waals surface area contributed by atoms with Gasteiger partial charge in [0.2, 0.25) is 0 Å². The molecule has 1 aromatic carbocycles. The molecule has 116 valence electrons. The molecular weight excluding hydrogens is 289 g/mol. The molecule has 0 aliphatic carbocycles.